The van der Waals surface area contributed by atoms with Crippen LogP contribution in [0.3, 0.4) is 0 Å². The van der Waals surface area contributed by atoms with Gasteiger partial charge < -0.3 is 9.84 Å². The van der Waals surface area contributed by atoms with E-state index in [9.17, 15) is 9.90 Å². The minimum absolute atomic E-state index is 0.189. The molecular weight excluding hydrogens is 300 g/mol. The highest BCUT2D eigenvalue weighted by Gasteiger charge is 2.19. The first kappa shape index (κ1) is 20.5. The molecule has 0 aliphatic heterocycles. The highest BCUT2D eigenvalue weighted by atomic mass is 16.5. The van der Waals surface area contributed by atoms with Crippen LogP contribution >= 0.6 is 0 Å². The SMILES string of the molecule is CCCCC(CC)CCCC(=O)Oc1ccc(O)c(C(C)(C)C)c1. The molecule has 0 aliphatic carbocycles. The fourth-order valence-corrected chi connectivity index (χ4v) is 2.94. The number of ether oxygens (including phenoxy) is 1. The predicted molar refractivity (Wildman–Crippen MR) is 99.6 cm³/mol. The Bertz CT molecular complexity index is 514. The zero-order chi connectivity index (χ0) is 18.2. The lowest BCUT2D eigenvalue weighted by molar-refractivity contribution is -0.134. The average molecular weight is 335 g/mol. The maximum absolute atomic E-state index is 12.1. The Balaban J connectivity index is 2.51. The van der Waals surface area contributed by atoms with Gasteiger partial charge in [0.05, 0.1) is 0 Å². The van der Waals surface area contributed by atoms with Crippen LogP contribution in [0.1, 0.15) is 85.1 Å². The molecule has 0 radical (unpaired) electrons. The van der Waals surface area contributed by atoms with E-state index in [0.717, 1.165) is 24.3 Å². The van der Waals surface area contributed by atoms with Gasteiger partial charge in [-0.1, -0.05) is 60.3 Å². The second kappa shape index (κ2) is 9.71. The van der Waals surface area contributed by atoms with Gasteiger partial charge in [-0.05, 0) is 42.4 Å². The van der Waals surface area contributed by atoms with E-state index in [1.807, 2.05) is 20.8 Å². The van der Waals surface area contributed by atoms with Crippen molar-refractivity contribution >= 4 is 5.97 Å². The normalized spacial score (nSPS) is 12.9. The highest BCUT2D eigenvalue weighted by molar-refractivity contribution is 5.72. The van der Waals surface area contributed by atoms with Crippen molar-refractivity contribution in [2.24, 2.45) is 5.92 Å². The summed E-state index contributed by atoms with van der Waals surface area (Å²) in [4.78, 5) is 12.1. The van der Waals surface area contributed by atoms with E-state index in [0.29, 0.717) is 12.2 Å². The summed E-state index contributed by atoms with van der Waals surface area (Å²) in [5.74, 6) is 1.29. The zero-order valence-corrected chi connectivity index (χ0v) is 16.0. The summed E-state index contributed by atoms with van der Waals surface area (Å²) in [7, 11) is 0. The third kappa shape index (κ3) is 6.94. The van der Waals surface area contributed by atoms with E-state index in [-0.39, 0.29) is 17.1 Å². The molecular formula is C21H34O3. The molecule has 0 saturated carbocycles. The number of unbranched alkanes of at least 4 members (excludes halogenated alkanes) is 1. The van der Waals surface area contributed by atoms with Crippen LogP contribution in [-0.4, -0.2) is 11.1 Å². The smallest absolute Gasteiger partial charge is 0.311 e. The predicted octanol–water partition coefficient (Wildman–Crippen LogP) is 5.98. The van der Waals surface area contributed by atoms with Gasteiger partial charge in [-0.15, -0.1) is 0 Å². The van der Waals surface area contributed by atoms with Gasteiger partial charge in [-0.25, -0.2) is 0 Å². The van der Waals surface area contributed by atoms with Gasteiger partial charge >= 0.3 is 5.97 Å². The number of phenols is 1. The lowest BCUT2D eigenvalue weighted by atomic mass is 9.86. The van der Waals surface area contributed by atoms with Crippen molar-refractivity contribution < 1.29 is 14.6 Å². The lowest BCUT2D eigenvalue weighted by Crippen LogP contribution is -2.13. The molecule has 0 heterocycles. The standard InChI is InChI=1S/C21H34O3/c1-6-8-10-16(7-2)11-9-12-20(23)24-17-13-14-19(22)18(15-17)21(3,4)5/h13-16,22H,6-12H2,1-5H3. The summed E-state index contributed by atoms with van der Waals surface area (Å²) in [6.45, 7) is 10.5. The number of hydrogen-bond acceptors (Lipinski definition) is 3. The number of aromatic hydroxyl groups is 1. The van der Waals surface area contributed by atoms with Crippen molar-refractivity contribution in [3.05, 3.63) is 23.8 Å². The molecule has 1 aromatic rings. The topological polar surface area (TPSA) is 46.5 Å². The molecule has 1 rings (SSSR count). The van der Waals surface area contributed by atoms with Crippen molar-refractivity contribution in [2.45, 2.75) is 85.0 Å². The van der Waals surface area contributed by atoms with E-state index in [1.54, 1.807) is 18.2 Å². The maximum Gasteiger partial charge on any atom is 0.311 e. The van der Waals surface area contributed by atoms with Crippen LogP contribution in [0.4, 0.5) is 0 Å². The third-order valence-corrected chi connectivity index (χ3v) is 4.54. The average Bonchev–Trinajstić information content (AvgIpc) is 2.51. The molecule has 1 N–H and O–H groups in total. The Labute approximate surface area is 147 Å². The van der Waals surface area contributed by atoms with Crippen LogP contribution in [0.15, 0.2) is 18.2 Å². The van der Waals surface area contributed by atoms with Crippen molar-refractivity contribution in [2.75, 3.05) is 0 Å². The lowest BCUT2D eigenvalue weighted by Gasteiger charge is -2.21. The van der Waals surface area contributed by atoms with Gasteiger partial charge in [0, 0.05) is 12.0 Å². The van der Waals surface area contributed by atoms with Gasteiger partial charge in [-0.3, -0.25) is 4.79 Å². The monoisotopic (exact) mass is 334 g/mol. The van der Waals surface area contributed by atoms with Crippen molar-refractivity contribution in [3.63, 3.8) is 0 Å². The Morgan fingerprint density at radius 1 is 1.17 bits per heavy atom. The molecule has 0 amide bonds. The molecule has 1 aromatic carbocycles. The van der Waals surface area contributed by atoms with Gasteiger partial charge in [0.15, 0.2) is 0 Å². The summed E-state index contributed by atoms with van der Waals surface area (Å²) < 4.78 is 5.45. The minimum atomic E-state index is -0.194. The van der Waals surface area contributed by atoms with E-state index in [1.165, 1.54) is 25.7 Å². The fraction of sp³-hybridized carbons (Fsp3) is 0.667. The number of hydrogen-bond donors (Lipinski definition) is 1. The second-order valence-electron chi connectivity index (χ2n) is 7.71. The number of esters is 1. The highest BCUT2D eigenvalue weighted by Crippen LogP contribution is 2.33. The molecule has 24 heavy (non-hydrogen) atoms. The van der Waals surface area contributed by atoms with Crippen LogP contribution in [0.25, 0.3) is 0 Å². The number of carbonyl (C=O) groups excluding carboxylic acids is 1. The largest absolute Gasteiger partial charge is 0.508 e. The van der Waals surface area contributed by atoms with Crippen LogP contribution < -0.4 is 4.74 Å². The quantitative estimate of drug-likeness (QED) is 0.446. The molecule has 0 bridgehead atoms. The van der Waals surface area contributed by atoms with Crippen molar-refractivity contribution in [1.29, 1.82) is 0 Å². The van der Waals surface area contributed by atoms with E-state index in [4.69, 9.17) is 4.74 Å². The number of rotatable bonds is 9. The van der Waals surface area contributed by atoms with Gasteiger partial charge in [-0.2, -0.15) is 0 Å². The summed E-state index contributed by atoms with van der Waals surface area (Å²) in [5, 5.41) is 9.96. The first-order valence-electron chi connectivity index (χ1n) is 9.32. The first-order valence-corrected chi connectivity index (χ1v) is 9.32. The number of benzene rings is 1. The molecule has 3 nitrogen and oxygen atoms in total. The van der Waals surface area contributed by atoms with Crippen LogP contribution in [0.5, 0.6) is 11.5 Å². The van der Waals surface area contributed by atoms with Crippen LogP contribution in [0.2, 0.25) is 0 Å². The molecule has 1 atom stereocenters. The Kier molecular flexibility index (Phi) is 8.30. The van der Waals surface area contributed by atoms with E-state index >= 15 is 0 Å². The van der Waals surface area contributed by atoms with Crippen molar-refractivity contribution in [1.82, 2.24) is 0 Å². The third-order valence-electron chi connectivity index (χ3n) is 4.54. The summed E-state index contributed by atoms with van der Waals surface area (Å²) in [5.41, 5.74) is 0.596. The molecule has 0 spiro atoms. The molecule has 0 aromatic heterocycles. The zero-order valence-electron chi connectivity index (χ0n) is 16.0. The summed E-state index contributed by atoms with van der Waals surface area (Å²) >= 11 is 0. The van der Waals surface area contributed by atoms with Crippen LogP contribution in [-0.2, 0) is 10.2 Å². The maximum atomic E-state index is 12.1. The molecule has 3 heteroatoms. The number of phenolic OH excluding ortho intramolecular Hbond substituents is 1. The molecule has 136 valence electrons. The van der Waals surface area contributed by atoms with Gasteiger partial charge in [0.25, 0.3) is 0 Å². The Morgan fingerprint density at radius 3 is 2.42 bits per heavy atom. The molecule has 0 saturated heterocycles. The van der Waals surface area contributed by atoms with E-state index in [2.05, 4.69) is 13.8 Å². The molecule has 0 fully saturated rings. The second-order valence-corrected chi connectivity index (χ2v) is 7.71. The summed E-state index contributed by atoms with van der Waals surface area (Å²) in [6, 6.07) is 5.02. The van der Waals surface area contributed by atoms with Gasteiger partial charge in [0.1, 0.15) is 11.5 Å². The first-order chi connectivity index (χ1) is 11.3. The molecule has 1 unspecified atom stereocenters. The van der Waals surface area contributed by atoms with Crippen molar-refractivity contribution in [3.8, 4) is 11.5 Å². The Morgan fingerprint density at radius 2 is 1.83 bits per heavy atom. The van der Waals surface area contributed by atoms with Crippen LogP contribution in [0, 0.1) is 5.92 Å². The Hall–Kier alpha value is -1.51. The van der Waals surface area contributed by atoms with E-state index < -0.39 is 0 Å². The fourth-order valence-electron chi connectivity index (χ4n) is 2.94. The van der Waals surface area contributed by atoms with Gasteiger partial charge in [0.2, 0.25) is 0 Å². The minimum Gasteiger partial charge on any atom is -0.508 e. The summed E-state index contributed by atoms with van der Waals surface area (Å²) in [6.07, 6.45) is 7.37. The molecule has 0 aliphatic rings. The number of carbonyl (C=O) groups is 1.